The summed E-state index contributed by atoms with van der Waals surface area (Å²) in [6.45, 7) is 4.30. The highest BCUT2D eigenvalue weighted by molar-refractivity contribution is 5.78. The molecule has 0 aliphatic carbocycles. The van der Waals surface area contributed by atoms with Crippen LogP contribution in [0.4, 0.5) is 0 Å². The van der Waals surface area contributed by atoms with Crippen molar-refractivity contribution in [1.82, 2.24) is 14.5 Å². The molecule has 4 rings (SSSR count). The Balaban J connectivity index is 1.43. The number of hydrogen-bond acceptors (Lipinski definition) is 4. The standard InChI is InChI=1S/C25H31N3O3/c1-3-24(29)27-17-8-11-23(27)25-26-21-9-4-5-10-22(21)28(25)16-6-7-18-31-20-14-12-19(30-2)13-15-20/h4-5,9-10,12-15,23H,3,6-8,11,16-18H2,1-2H3/t23-/m0/s1. The van der Waals surface area contributed by atoms with Gasteiger partial charge in [-0.1, -0.05) is 19.1 Å². The van der Waals surface area contributed by atoms with Gasteiger partial charge in [0.15, 0.2) is 0 Å². The number of imidazole rings is 1. The van der Waals surface area contributed by atoms with Crippen molar-refractivity contribution in [2.24, 2.45) is 0 Å². The van der Waals surface area contributed by atoms with Crippen molar-refractivity contribution in [1.29, 1.82) is 0 Å². The molecule has 1 fully saturated rings. The van der Waals surface area contributed by atoms with Crippen molar-refractivity contribution in [2.75, 3.05) is 20.3 Å². The van der Waals surface area contributed by atoms with E-state index in [0.717, 1.165) is 67.1 Å². The largest absolute Gasteiger partial charge is 0.497 e. The summed E-state index contributed by atoms with van der Waals surface area (Å²) in [5, 5.41) is 0. The van der Waals surface area contributed by atoms with E-state index in [1.54, 1.807) is 7.11 Å². The first-order valence-electron chi connectivity index (χ1n) is 11.2. The Morgan fingerprint density at radius 2 is 1.87 bits per heavy atom. The molecule has 1 aromatic heterocycles. The summed E-state index contributed by atoms with van der Waals surface area (Å²) in [7, 11) is 1.66. The number of rotatable bonds is 9. The summed E-state index contributed by atoms with van der Waals surface area (Å²) in [6, 6.07) is 16.0. The zero-order valence-electron chi connectivity index (χ0n) is 18.4. The first-order chi connectivity index (χ1) is 15.2. The number of unbranched alkanes of at least 4 members (excludes halogenated alkanes) is 1. The monoisotopic (exact) mass is 421 g/mol. The maximum absolute atomic E-state index is 12.5. The van der Waals surface area contributed by atoms with Crippen LogP contribution in [0.5, 0.6) is 11.5 Å². The van der Waals surface area contributed by atoms with Crippen LogP contribution in [-0.2, 0) is 11.3 Å². The summed E-state index contributed by atoms with van der Waals surface area (Å²) in [4.78, 5) is 19.4. The number of carbonyl (C=O) groups excluding carboxylic acids is 1. The minimum Gasteiger partial charge on any atom is -0.497 e. The smallest absolute Gasteiger partial charge is 0.222 e. The van der Waals surface area contributed by atoms with Crippen molar-refractivity contribution in [3.63, 3.8) is 0 Å². The SMILES string of the molecule is CCC(=O)N1CCC[C@H]1c1nc2ccccc2n1CCCCOc1ccc(OC)cc1. The molecule has 1 aliphatic heterocycles. The van der Waals surface area contributed by atoms with Gasteiger partial charge >= 0.3 is 0 Å². The fraction of sp³-hybridized carbons (Fsp3) is 0.440. The molecule has 3 aromatic rings. The topological polar surface area (TPSA) is 56.6 Å². The molecule has 0 radical (unpaired) electrons. The predicted molar refractivity (Wildman–Crippen MR) is 121 cm³/mol. The molecule has 31 heavy (non-hydrogen) atoms. The quantitative estimate of drug-likeness (QED) is 0.457. The Labute approximate surface area is 183 Å². The van der Waals surface area contributed by atoms with E-state index in [-0.39, 0.29) is 11.9 Å². The van der Waals surface area contributed by atoms with Crippen LogP contribution < -0.4 is 9.47 Å². The molecular formula is C25H31N3O3. The maximum Gasteiger partial charge on any atom is 0.222 e. The van der Waals surface area contributed by atoms with E-state index in [4.69, 9.17) is 14.5 Å². The molecule has 0 N–H and O–H groups in total. The van der Waals surface area contributed by atoms with E-state index in [1.807, 2.05) is 42.2 Å². The van der Waals surface area contributed by atoms with E-state index in [0.29, 0.717) is 13.0 Å². The number of fused-ring (bicyclic) bond motifs is 1. The first-order valence-corrected chi connectivity index (χ1v) is 11.2. The normalized spacial score (nSPS) is 16.1. The molecule has 1 atom stereocenters. The Morgan fingerprint density at radius 3 is 2.65 bits per heavy atom. The lowest BCUT2D eigenvalue weighted by Gasteiger charge is -2.25. The lowest BCUT2D eigenvalue weighted by atomic mass is 10.2. The molecule has 1 amide bonds. The molecule has 1 saturated heterocycles. The number of aromatic nitrogens is 2. The van der Waals surface area contributed by atoms with Gasteiger partial charge in [0.2, 0.25) is 5.91 Å². The molecule has 0 unspecified atom stereocenters. The molecule has 0 spiro atoms. The number of benzene rings is 2. The zero-order valence-corrected chi connectivity index (χ0v) is 18.4. The van der Waals surface area contributed by atoms with E-state index in [1.165, 1.54) is 0 Å². The number of para-hydroxylation sites is 2. The third kappa shape index (κ3) is 4.68. The van der Waals surface area contributed by atoms with Gasteiger partial charge in [0.1, 0.15) is 17.3 Å². The second-order valence-corrected chi connectivity index (χ2v) is 7.94. The zero-order chi connectivity index (χ0) is 21.6. The lowest BCUT2D eigenvalue weighted by molar-refractivity contribution is -0.131. The summed E-state index contributed by atoms with van der Waals surface area (Å²) in [5.41, 5.74) is 2.15. The molecule has 6 nitrogen and oxygen atoms in total. The molecule has 2 aromatic carbocycles. The van der Waals surface area contributed by atoms with Crippen molar-refractivity contribution in [2.45, 2.75) is 51.6 Å². The second kappa shape index (κ2) is 9.86. The number of methoxy groups -OCH3 is 1. The summed E-state index contributed by atoms with van der Waals surface area (Å²) >= 11 is 0. The number of likely N-dealkylation sites (tertiary alicyclic amines) is 1. The Kier molecular flexibility index (Phi) is 6.75. The van der Waals surface area contributed by atoms with Crippen LogP contribution in [0.3, 0.4) is 0 Å². The van der Waals surface area contributed by atoms with Crippen LogP contribution in [0, 0.1) is 0 Å². The van der Waals surface area contributed by atoms with Gasteiger partial charge in [-0.25, -0.2) is 4.98 Å². The molecule has 164 valence electrons. The van der Waals surface area contributed by atoms with E-state index in [2.05, 4.69) is 22.8 Å². The van der Waals surface area contributed by atoms with E-state index >= 15 is 0 Å². The minimum absolute atomic E-state index is 0.0791. The molecule has 2 heterocycles. The highest BCUT2D eigenvalue weighted by atomic mass is 16.5. The third-order valence-corrected chi connectivity index (χ3v) is 5.96. The number of nitrogens with zero attached hydrogens (tertiary/aromatic N) is 3. The van der Waals surface area contributed by atoms with Crippen LogP contribution in [-0.4, -0.2) is 40.6 Å². The van der Waals surface area contributed by atoms with Gasteiger partial charge in [-0.3, -0.25) is 4.79 Å². The molecule has 6 heteroatoms. The third-order valence-electron chi connectivity index (χ3n) is 5.96. The number of amides is 1. The number of carbonyl (C=O) groups is 1. The van der Waals surface area contributed by atoms with Crippen molar-refractivity contribution >= 4 is 16.9 Å². The van der Waals surface area contributed by atoms with Gasteiger partial charge < -0.3 is 18.9 Å². The number of aryl methyl sites for hydroxylation is 1. The van der Waals surface area contributed by atoms with Gasteiger partial charge in [-0.15, -0.1) is 0 Å². The van der Waals surface area contributed by atoms with Gasteiger partial charge in [-0.2, -0.15) is 0 Å². The van der Waals surface area contributed by atoms with E-state index in [9.17, 15) is 4.79 Å². The van der Waals surface area contributed by atoms with Crippen LogP contribution in [0.1, 0.15) is 50.9 Å². The molecule has 0 saturated carbocycles. The van der Waals surface area contributed by atoms with Gasteiger partial charge in [0.25, 0.3) is 0 Å². The number of hydrogen-bond donors (Lipinski definition) is 0. The van der Waals surface area contributed by atoms with Crippen LogP contribution in [0.25, 0.3) is 11.0 Å². The lowest BCUT2D eigenvalue weighted by Crippen LogP contribution is -2.31. The van der Waals surface area contributed by atoms with Gasteiger partial charge in [-0.05, 0) is 62.1 Å². The first kappa shape index (κ1) is 21.2. The fourth-order valence-electron chi connectivity index (χ4n) is 4.35. The Bertz CT molecular complexity index is 1010. The summed E-state index contributed by atoms with van der Waals surface area (Å²) in [5.74, 6) is 2.93. The van der Waals surface area contributed by atoms with E-state index < -0.39 is 0 Å². The Morgan fingerprint density at radius 1 is 1.10 bits per heavy atom. The average Bonchev–Trinajstić information content (AvgIpc) is 3.43. The molecule has 1 aliphatic rings. The van der Waals surface area contributed by atoms with Crippen LogP contribution in [0.2, 0.25) is 0 Å². The summed E-state index contributed by atoms with van der Waals surface area (Å²) < 4.78 is 13.4. The van der Waals surface area contributed by atoms with Crippen LogP contribution in [0.15, 0.2) is 48.5 Å². The predicted octanol–water partition coefficient (Wildman–Crippen LogP) is 4.98. The summed E-state index contributed by atoms with van der Waals surface area (Å²) in [6.07, 6.45) is 4.49. The fourth-order valence-corrected chi connectivity index (χ4v) is 4.35. The minimum atomic E-state index is 0.0791. The van der Waals surface area contributed by atoms with Gasteiger partial charge in [0.05, 0.1) is 30.8 Å². The second-order valence-electron chi connectivity index (χ2n) is 7.94. The molecule has 0 bridgehead atoms. The Hall–Kier alpha value is -3.02. The van der Waals surface area contributed by atoms with Crippen molar-refractivity contribution < 1.29 is 14.3 Å². The highest BCUT2D eigenvalue weighted by Gasteiger charge is 2.32. The maximum atomic E-state index is 12.5. The average molecular weight is 422 g/mol. The highest BCUT2D eigenvalue weighted by Crippen LogP contribution is 2.34. The molecular weight excluding hydrogens is 390 g/mol. The van der Waals surface area contributed by atoms with Crippen LogP contribution >= 0.6 is 0 Å². The van der Waals surface area contributed by atoms with Crippen molar-refractivity contribution in [3.8, 4) is 11.5 Å². The van der Waals surface area contributed by atoms with Gasteiger partial charge in [0, 0.05) is 19.5 Å². The number of ether oxygens (including phenoxy) is 2. The van der Waals surface area contributed by atoms with Crippen molar-refractivity contribution in [3.05, 3.63) is 54.4 Å².